The predicted octanol–water partition coefficient (Wildman–Crippen LogP) is 4.62. The van der Waals surface area contributed by atoms with Crippen molar-refractivity contribution in [3.63, 3.8) is 0 Å². The summed E-state index contributed by atoms with van der Waals surface area (Å²) in [6.07, 6.45) is 8.14. The molecular weight excluding hydrogens is 516 g/mol. The number of ether oxygens (including phenoxy) is 2. The molecule has 1 amide bonds. The van der Waals surface area contributed by atoms with Gasteiger partial charge >= 0.3 is 0 Å². The van der Waals surface area contributed by atoms with Gasteiger partial charge in [0.2, 0.25) is 5.91 Å². The third-order valence-electron chi connectivity index (χ3n) is 9.03. The highest BCUT2D eigenvalue weighted by Gasteiger charge is 2.40. The summed E-state index contributed by atoms with van der Waals surface area (Å²) in [6.45, 7) is 6.95. The van der Waals surface area contributed by atoms with E-state index in [2.05, 4.69) is 46.2 Å². The first-order chi connectivity index (χ1) is 20.1. The Kier molecular flexibility index (Phi) is 10.2. The van der Waals surface area contributed by atoms with E-state index in [0.29, 0.717) is 0 Å². The van der Waals surface area contributed by atoms with Crippen molar-refractivity contribution >= 4 is 16.8 Å². The van der Waals surface area contributed by atoms with E-state index in [1.54, 1.807) is 7.11 Å². The number of benzene rings is 2. The molecule has 2 aliphatic heterocycles. The van der Waals surface area contributed by atoms with Gasteiger partial charge in [0.05, 0.1) is 31.3 Å². The Balaban J connectivity index is 1.25. The largest absolute Gasteiger partial charge is 0.497 e. The fraction of sp³-hybridized carbons (Fsp3) is 0.515. The number of hydrogen-bond acceptors (Lipinski definition) is 7. The molecule has 3 heterocycles. The summed E-state index contributed by atoms with van der Waals surface area (Å²) in [4.78, 5) is 22.7. The minimum absolute atomic E-state index is 0.240. The molecule has 220 valence electrons. The van der Waals surface area contributed by atoms with Crippen LogP contribution in [0.4, 0.5) is 0 Å². The number of nitrogens with zero attached hydrogens (tertiary/aromatic N) is 3. The van der Waals surface area contributed by atoms with E-state index < -0.39 is 5.41 Å². The number of rotatable bonds is 12. The summed E-state index contributed by atoms with van der Waals surface area (Å²) in [5, 5.41) is 10.8. The Bertz CT molecular complexity index is 1270. The average Bonchev–Trinajstić information content (AvgIpc) is 3.03. The highest BCUT2D eigenvalue weighted by Crippen LogP contribution is 2.38. The topological polar surface area (TPSA) is 87.2 Å². The molecule has 0 atom stereocenters. The first kappa shape index (κ1) is 29.5. The fourth-order valence-electron chi connectivity index (χ4n) is 6.50. The van der Waals surface area contributed by atoms with E-state index in [-0.39, 0.29) is 5.91 Å². The molecule has 2 fully saturated rings. The Labute approximate surface area is 243 Å². The van der Waals surface area contributed by atoms with Crippen molar-refractivity contribution in [1.29, 1.82) is 0 Å². The third kappa shape index (κ3) is 7.43. The molecule has 0 bridgehead atoms. The predicted molar refractivity (Wildman–Crippen MR) is 160 cm³/mol. The molecular formula is C33H44N4O4. The highest BCUT2D eigenvalue weighted by molar-refractivity contribution is 5.85. The molecule has 0 spiro atoms. The maximum atomic E-state index is 13.0. The van der Waals surface area contributed by atoms with Gasteiger partial charge in [-0.25, -0.2) is 5.48 Å². The quantitative estimate of drug-likeness (QED) is 0.247. The van der Waals surface area contributed by atoms with Gasteiger partial charge in [-0.1, -0.05) is 30.3 Å². The van der Waals surface area contributed by atoms with Crippen molar-refractivity contribution in [2.75, 3.05) is 53.0 Å². The lowest BCUT2D eigenvalue weighted by molar-refractivity contribution is -0.143. The summed E-state index contributed by atoms with van der Waals surface area (Å²) >= 11 is 0. The van der Waals surface area contributed by atoms with Crippen molar-refractivity contribution < 1.29 is 19.5 Å². The first-order valence-electron chi connectivity index (χ1n) is 15.1. The summed E-state index contributed by atoms with van der Waals surface area (Å²) in [5.74, 6) is 0.580. The number of amides is 1. The normalized spacial score (nSPS) is 17.9. The molecule has 5 rings (SSSR count). The molecule has 2 N–H and O–H groups in total. The zero-order valence-electron chi connectivity index (χ0n) is 24.3. The number of hydroxylamine groups is 1. The van der Waals surface area contributed by atoms with Gasteiger partial charge in [-0.2, -0.15) is 0 Å². The number of hydrogen-bond donors (Lipinski definition) is 2. The second kappa shape index (κ2) is 14.2. The van der Waals surface area contributed by atoms with Crippen LogP contribution in [0.3, 0.4) is 0 Å². The number of carbonyl (C=O) groups is 1. The van der Waals surface area contributed by atoms with Crippen LogP contribution in [0.25, 0.3) is 10.9 Å². The zero-order valence-corrected chi connectivity index (χ0v) is 24.3. The molecule has 0 aliphatic carbocycles. The van der Waals surface area contributed by atoms with Crippen LogP contribution in [0.15, 0.2) is 54.7 Å². The SMILES string of the molecule is COc1ccc2ncc(CN3CCOCC3)c(CCCC3(C(=O)NO)CCN(CCCc4ccccc4)CC3)c2c1. The van der Waals surface area contributed by atoms with Gasteiger partial charge in [-0.15, -0.1) is 0 Å². The number of pyridine rings is 1. The van der Waals surface area contributed by atoms with Gasteiger partial charge in [0.15, 0.2) is 0 Å². The number of piperidine rings is 1. The van der Waals surface area contributed by atoms with Gasteiger partial charge in [0.1, 0.15) is 5.75 Å². The van der Waals surface area contributed by atoms with Crippen molar-refractivity contribution in [3.05, 3.63) is 71.4 Å². The number of carbonyl (C=O) groups excluding carboxylic acids is 1. The van der Waals surface area contributed by atoms with Crippen LogP contribution >= 0.6 is 0 Å². The Hall–Kier alpha value is -3.04. The second-order valence-electron chi connectivity index (χ2n) is 11.5. The standard InChI is InChI=1S/C33H44N4O4/c1-40-28-11-12-31-30(23-28)29(27(24-34-31)25-37-19-21-41-22-20-37)10-5-13-33(32(38)35-39)14-17-36(18-15-33)16-6-9-26-7-3-2-4-8-26/h2-4,7-8,11-12,23-24,39H,5-6,9-10,13-22,25H2,1H3,(H,35,38). The van der Waals surface area contributed by atoms with Crippen LogP contribution in [0.5, 0.6) is 5.75 Å². The fourth-order valence-corrected chi connectivity index (χ4v) is 6.50. The zero-order chi connectivity index (χ0) is 28.5. The van der Waals surface area contributed by atoms with Gasteiger partial charge < -0.3 is 14.4 Å². The summed E-state index contributed by atoms with van der Waals surface area (Å²) < 4.78 is 11.1. The lowest BCUT2D eigenvalue weighted by atomic mass is 9.73. The molecule has 2 aromatic carbocycles. The van der Waals surface area contributed by atoms with E-state index in [4.69, 9.17) is 14.5 Å². The monoisotopic (exact) mass is 560 g/mol. The van der Waals surface area contributed by atoms with E-state index >= 15 is 0 Å². The summed E-state index contributed by atoms with van der Waals surface area (Å²) in [7, 11) is 1.69. The van der Waals surface area contributed by atoms with Crippen molar-refractivity contribution in [3.8, 4) is 5.75 Å². The van der Waals surface area contributed by atoms with Crippen LogP contribution in [0.2, 0.25) is 0 Å². The lowest BCUT2D eigenvalue weighted by Crippen LogP contribution is -2.48. The van der Waals surface area contributed by atoms with Crippen LogP contribution in [-0.2, 0) is 28.9 Å². The number of morpholine rings is 1. The van der Waals surface area contributed by atoms with Gasteiger partial charge in [-0.05, 0) is 99.5 Å². The molecule has 1 aromatic heterocycles. The minimum atomic E-state index is -0.546. The molecule has 8 heteroatoms. The molecule has 0 unspecified atom stereocenters. The van der Waals surface area contributed by atoms with Gasteiger partial charge in [0, 0.05) is 31.2 Å². The van der Waals surface area contributed by atoms with Gasteiger partial charge in [0.25, 0.3) is 0 Å². The lowest BCUT2D eigenvalue weighted by Gasteiger charge is -2.40. The molecule has 2 saturated heterocycles. The van der Waals surface area contributed by atoms with Crippen LogP contribution < -0.4 is 10.2 Å². The Morgan fingerprint density at radius 2 is 1.80 bits per heavy atom. The number of aryl methyl sites for hydroxylation is 2. The molecule has 3 aromatic rings. The average molecular weight is 561 g/mol. The Morgan fingerprint density at radius 1 is 1.02 bits per heavy atom. The number of methoxy groups -OCH3 is 1. The van der Waals surface area contributed by atoms with Crippen molar-refractivity contribution in [2.45, 2.75) is 51.5 Å². The number of aromatic nitrogens is 1. The van der Waals surface area contributed by atoms with E-state index in [1.807, 2.05) is 23.8 Å². The minimum Gasteiger partial charge on any atom is -0.497 e. The van der Waals surface area contributed by atoms with E-state index in [0.717, 1.165) is 114 Å². The maximum absolute atomic E-state index is 13.0. The summed E-state index contributed by atoms with van der Waals surface area (Å²) in [5.41, 5.74) is 6.29. The molecule has 0 saturated carbocycles. The van der Waals surface area contributed by atoms with Crippen LogP contribution in [-0.4, -0.2) is 78.9 Å². The maximum Gasteiger partial charge on any atom is 0.249 e. The van der Waals surface area contributed by atoms with Crippen molar-refractivity contribution in [1.82, 2.24) is 20.3 Å². The molecule has 2 aliphatic rings. The number of nitrogens with one attached hydrogen (secondary N) is 1. The number of likely N-dealkylation sites (tertiary alicyclic amines) is 1. The van der Waals surface area contributed by atoms with Gasteiger partial charge in [-0.3, -0.25) is 19.9 Å². The third-order valence-corrected chi connectivity index (χ3v) is 9.03. The summed E-state index contributed by atoms with van der Waals surface area (Å²) in [6, 6.07) is 16.7. The van der Waals surface area contributed by atoms with E-state index in [9.17, 15) is 10.0 Å². The van der Waals surface area contributed by atoms with Crippen LogP contribution in [0, 0.1) is 5.41 Å². The highest BCUT2D eigenvalue weighted by atomic mass is 16.5. The Morgan fingerprint density at radius 3 is 2.54 bits per heavy atom. The van der Waals surface area contributed by atoms with Crippen LogP contribution in [0.1, 0.15) is 48.8 Å². The molecule has 0 radical (unpaired) electrons. The number of fused-ring (bicyclic) bond motifs is 1. The first-order valence-corrected chi connectivity index (χ1v) is 15.1. The van der Waals surface area contributed by atoms with Crippen molar-refractivity contribution in [2.24, 2.45) is 5.41 Å². The second-order valence-corrected chi connectivity index (χ2v) is 11.5. The van der Waals surface area contributed by atoms with E-state index in [1.165, 1.54) is 16.7 Å². The molecule has 8 nitrogen and oxygen atoms in total. The smallest absolute Gasteiger partial charge is 0.249 e. The molecule has 41 heavy (non-hydrogen) atoms.